The third-order valence-electron chi connectivity index (χ3n) is 4.27. The van der Waals surface area contributed by atoms with Gasteiger partial charge in [0.2, 0.25) is 0 Å². The van der Waals surface area contributed by atoms with Gasteiger partial charge in [0.05, 0.1) is 12.1 Å². The monoisotopic (exact) mass is 285 g/mol. The van der Waals surface area contributed by atoms with Crippen molar-refractivity contribution in [2.45, 2.75) is 25.4 Å². The highest BCUT2D eigenvalue weighted by Gasteiger charge is 2.32. The third-order valence-corrected chi connectivity index (χ3v) is 4.27. The zero-order chi connectivity index (χ0) is 15.0. The number of hydrogen-bond donors (Lipinski definition) is 1. The fourth-order valence-corrected chi connectivity index (χ4v) is 3.01. The molecule has 0 saturated carbocycles. The van der Waals surface area contributed by atoms with Gasteiger partial charge in [-0.1, -0.05) is 24.3 Å². The minimum atomic E-state index is -0.759. The first-order valence-electron chi connectivity index (χ1n) is 7.09. The van der Waals surface area contributed by atoms with Crippen LogP contribution in [0.15, 0.2) is 36.7 Å². The predicted molar refractivity (Wildman–Crippen MR) is 78.9 cm³/mol. The van der Waals surface area contributed by atoms with E-state index < -0.39 is 11.9 Å². The summed E-state index contributed by atoms with van der Waals surface area (Å²) in [5.41, 5.74) is 3.16. The second kappa shape index (κ2) is 5.33. The molecule has 1 aliphatic heterocycles. The second-order valence-electron chi connectivity index (χ2n) is 5.64. The second-order valence-corrected chi connectivity index (χ2v) is 5.64. The molecule has 0 aliphatic carbocycles. The van der Waals surface area contributed by atoms with Gasteiger partial charge in [0.1, 0.15) is 0 Å². The molecule has 0 fully saturated rings. The number of hydrogen-bond acceptors (Lipinski definition) is 3. The maximum absolute atomic E-state index is 11.6. The van der Waals surface area contributed by atoms with E-state index in [0.717, 1.165) is 23.2 Å². The lowest BCUT2D eigenvalue weighted by atomic mass is 9.88. The van der Waals surface area contributed by atoms with Gasteiger partial charge < -0.3 is 5.11 Å². The zero-order valence-electron chi connectivity index (χ0n) is 12.2. The number of aryl methyl sites for hydroxylation is 1. The average molecular weight is 285 g/mol. The summed E-state index contributed by atoms with van der Waals surface area (Å²) in [6, 6.07) is 7.98. The number of rotatable bonds is 3. The summed E-state index contributed by atoms with van der Waals surface area (Å²) in [6.07, 6.45) is 3.84. The van der Waals surface area contributed by atoms with Crippen LogP contribution < -0.4 is 0 Å². The van der Waals surface area contributed by atoms with Crippen molar-refractivity contribution in [1.29, 1.82) is 0 Å². The number of carbonyl (C=O) groups is 1. The van der Waals surface area contributed by atoms with Gasteiger partial charge in [-0.25, -0.2) is 0 Å². The highest BCUT2D eigenvalue weighted by molar-refractivity contribution is 5.77. The maximum Gasteiger partial charge on any atom is 0.312 e. The van der Waals surface area contributed by atoms with E-state index in [1.54, 1.807) is 4.68 Å². The fourth-order valence-electron chi connectivity index (χ4n) is 3.01. The first-order valence-corrected chi connectivity index (χ1v) is 7.09. The Labute approximate surface area is 123 Å². The van der Waals surface area contributed by atoms with E-state index in [0.29, 0.717) is 6.54 Å². The molecule has 21 heavy (non-hydrogen) atoms. The van der Waals surface area contributed by atoms with Gasteiger partial charge >= 0.3 is 5.97 Å². The Kier molecular flexibility index (Phi) is 3.51. The normalized spacial score (nSPS) is 20.0. The Bertz CT molecular complexity index is 665. The Balaban J connectivity index is 1.91. The highest BCUT2D eigenvalue weighted by atomic mass is 16.4. The van der Waals surface area contributed by atoms with Crippen molar-refractivity contribution in [3.8, 4) is 0 Å². The Morgan fingerprint density at radius 3 is 2.86 bits per heavy atom. The van der Waals surface area contributed by atoms with Gasteiger partial charge in [-0.3, -0.25) is 14.4 Å². The van der Waals surface area contributed by atoms with Crippen LogP contribution in [0.2, 0.25) is 0 Å². The summed E-state index contributed by atoms with van der Waals surface area (Å²) < 4.78 is 1.78. The molecule has 5 heteroatoms. The van der Waals surface area contributed by atoms with E-state index in [1.807, 2.05) is 43.7 Å². The standard InChI is InChI=1S/C16H19N3O2/c1-11(13-7-17-18(2)8-13)19-9-12-5-3-4-6-14(12)15(10-19)16(20)21/h3-8,11,15H,9-10H2,1-2H3,(H,20,21). The number of carboxylic acids is 1. The summed E-state index contributed by atoms with van der Waals surface area (Å²) in [6.45, 7) is 3.41. The van der Waals surface area contributed by atoms with Crippen LogP contribution in [0.4, 0.5) is 0 Å². The van der Waals surface area contributed by atoms with E-state index in [9.17, 15) is 9.90 Å². The number of carboxylic acid groups (broad SMARTS) is 1. The molecule has 1 N–H and O–H groups in total. The molecule has 1 aliphatic rings. The van der Waals surface area contributed by atoms with E-state index in [2.05, 4.69) is 16.9 Å². The fraction of sp³-hybridized carbons (Fsp3) is 0.375. The molecule has 2 heterocycles. The highest BCUT2D eigenvalue weighted by Crippen LogP contribution is 2.33. The smallest absolute Gasteiger partial charge is 0.312 e. The lowest BCUT2D eigenvalue weighted by Gasteiger charge is -2.36. The maximum atomic E-state index is 11.6. The number of nitrogens with zero attached hydrogens (tertiary/aromatic N) is 3. The van der Waals surface area contributed by atoms with Crippen molar-refractivity contribution >= 4 is 5.97 Å². The average Bonchev–Trinajstić information content (AvgIpc) is 2.91. The number of benzene rings is 1. The molecule has 2 unspecified atom stereocenters. The molecule has 0 bridgehead atoms. The molecule has 1 aromatic carbocycles. The van der Waals surface area contributed by atoms with Crippen molar-refractivity contribution < 1.29 is 9.90 Å². The summed E-state index contributed by atoms with van der Waals surface area (Å²) in [5.74, 6) is -1.22. The number of aliphatic carboxylic acids is 1. The quantitative estimate of drug-likeness (QED) is 0.939. The molecule has 0 saturated heterocycles. The summed E-state index contributed by atoms with van der Waals surface area (Å²) in [7, 11) is 1.89. The summed E-state index contributed by atoms with van der Waals surface area (Å²) in [4.78, 5) is 13.8. The van der Waals surface area contributed by atoms with E-state index in [1.165, 1.54) is 0 Å². The van der Waals surface area contributed by atoms with Crippen LogP contribution in [-0.2, 0) is 18.4 Å². The minimum Gasteiger partial charge on any atom is -0.481 e. The number of aromatic nitrogens is 2. The van der Waals surface area contributed by atoms with E-state index in [-0.39, 0.29) is 6.04 Å². The van der Waals surface area contributed by atoms with Gasteiger partial charge in [-0.05, 0) is 18.1 Å². The van der Waals surface area contributed by atoms with Crippen LogP contribution in [0.3, 0.4) is 0 Å². The largest absolute Gasteiger partial charge is 0.481 e. The van der Waals surface area contributed by atoms with E-state index in [4.69, 9.17) is 0 Å². The van der Waals surface area contributed by atoms with Gasteiger partial charge in [0.15, 0.2) is 0 Å². The zero-order valence-corrected chi connectivity index (χ0v) is 12.2. The van der Waals surface area contributed by atoms with Crippen LogP contribution in [0.1, 0.15) is 35.6 Å². The lowest BCUT2D eigenvalue weighted by Crippen LogP contribution is -2.38. The van der Waals surface area contributed by atoms with Gasteiger partial charge in [-0.15, -0.1) is 0 Å². The molecule has 3 rings (SSSR count). The molecule has 0 radical (unpaired) electrons. The predicted octanol–water partition coefficient (Wildman–Crippen LogP) is 2.17. The van der Waals surface area contributed by atoms with Crippen molar-refractivity contribution in [2.75, 3.05) is 6.54 Å². The van der Waals surface area contributed by atoms with E-state index >= 15 is 0 Å². The molecule has 5 nitrogen and oxygen atoms in total. The topological polar surface area (TPSA) is 58.4 Å². The SMILES string of the molecule is CC(c1cnn(C)c1)N1Cc2ccccc2C(C(=O)O)C1. The minimum absolute atomic E-state index is 0.147. The lowest BCUT2D eigenvalue weighted by molar-refractivity contribution is -0.139. The van der Waals surface area contributed by atoms with Crippen molar-refractivity contribution in [2.24, 2.45) is 7.05 Å². The summed E-state index contributed by atoms with van der Waals surface area (Å²) in [5, 5.41) is 13.7. The van der Waals surface area contributed by atoms with Crippen molar-refractivity contribution in [3.63, 3.8) is 0 Å². The van der Waals surface area contributed by atoms with Gasteiger partial charge in [0.25, 0.3) is 0 Å². The van der Waals surface area contributed by atoms with Crippen molar-refractivity contribution in [3.05, 3.63) is 53.3 Å². The van der Waals surface area contributed by atoms with Crippen LogP contribution >= 0.6 is 0 Å². The number of fused-ring (bicyclic) bond motifs is 1. The molecular weight excluding hydrogens is 266 g/mol. The Morgan fingerprint density at radius 1 is 1.43 bits per heavy atom. The molecule has 2 atom stereocenters. The Hall–Kier alpha value is -2.14. The van der Waals surface area contributed by atoms with Gasteiger partial charge in [-0.2, -0.15) is 5.10 Å². The molecule has 0 spiro atoms. The van der Waals surface area contributed by atoms with Crippen LogP contribution in [0.25, 0.3) is 0 Å². The first kappa shape index (κ1) is 13.8. The van der Waals surface area contributed by atoms with Gasteiger partial charge in [0, 0.05) is 37.9 Å². The first-order chi connectivity index (χ1) is 10.1. The van der Waals surface area contributed by atoms with Crippen LogP contribution in [0, 0.1) is 0 Å². The van der Waals surface area contributed by atoms with Crippen LogP contribution in [0.5, 0.6) is 0 Å². The van der Waals surface area contributed by atoms with Crippen LogP contribution in [-0.4, -0.2) is 32.3 Å². The van der Waals surface area contributed by atoms with Crippen molar-refractivity contribution in [1.82, 2.24) is 14.7 Å². The molecular formula is C16H19N3O2. The third kappa shape index (κ3) is 2.56. The molecule has 2 aromatic rings. The molecule has 110 valence electrons. The molecule has 1 aromatic heterocycles. The molecule has 0 amide bonds. The summed E-state index contributed by atoms with van der Waals surface area (Å²) >= 11 is 0. The Morgan fingerprint density at radius 2 is 2.19 bits per heavy atom.